The number of methoxy groups -OCH3 is 1. The van der Waals surface area contributed by atoms with Gasteiger partial charge in [0.15, 0.2) is 0 Å². The second kappa shape index (κ2) is 6.59. The van der Waals surface area contributed by atoms with Crippen LogP contribution in [0.25, 0.3) is 0 Å². The maximum atomic E-state index is 13.7. The summed E-state index contributed by atoms with van der Waals surface area (Å²) in [5, 5.41) is 3.17. The van der Waals surface area contributed by atoms with Crippen LogP contribution in [-0.2, 0) is 0 Å². The molecule has 2 nitrogen and oxygen atoms in total. The molecule has 106 valence electrons. The minimum atomic E-state index is -0.271. The van der Waals surface area contributed by atoms with Gasteiger partial charge in [-0.1, -0.05) is 22.0 Å². The third kappa shape index (κ3) is 3.52. The van der Waals surface area contributed by atoms with Gasteiger partial charge < -0.3 is 10.1 Å². The van der Waals surface area contributed by atoms with E-state index in [0.29, 0.717) is 5.69 Å². The Kier molecular flexibility index (Phi) is 5.05. The van der Waals surface area contributed by atoms with Crippen molar-refractivity contribution in [3.05, 3.63) is 56.7 Å². The maximum absolute atomic E-state index is 13.7. The first-order valence-corrected chi connectivity index (χ1v) is 7.65. The predicted molar refractivity (Wildman–Crippen MR) is 86.8 cm³/mol. The zero-order valence-electron chi connectivity index (χ0n) is 11.1. The highest BCUT2D eigenvalue weighted by molar-refractivity contribution is 9.10. The predicted octanol–water partition coefficient (Wildman–Crippen LogP) is 5.53. The molecule has 0 fully saturated rings. The van der Waals surface area contributed by atoms with E-state index in [1.807, 2.05) is 25.1 Å². The summed E-state index contributed by atoms with van der Waals surface area (Å²) in [6, 6.07) is 10.6. The molecule has 1 unspecified atom stereocenters. The highest BCUT2D eigenvalue weighted by Gasteiger charge is 2.11. The quantitative estimate of drug-likeness (QED) is 0.725. The fourth-order valence-corrected chi connectivity index (χ4v) is 2.80. The van der Waals surface area contributed by atoms with E-state index in [1.54, 1.807) is 19.2 Å². The minimum absolute atomic E-state index is 0.0268. The summed E-state index contributed by atoms with van der Waals surface area (Å²) in [7, 11) is 1.62. The summed E-state index contributed by atoms with van der Waals surface area (Å²) in [6.07, 6.45) is 0. The molecule has 1 atom stereocenters. The average molecular weight is 403 g/mol. The van der Waals surface area contributed by atoms with Crippen LogP contribution in [0.2, 0.25) is 0 Å². The van der Waals surface area contributed by atoms with Crippen molar-refractivity contribution in [2.45, 2.75) is 13.0 Å². The van der Waals surface area contributed by atoms with Crippen molar-refractivity contribution >= 4 is 37.5 Å². The van der Waals surface area contributed by atoms with E-state index in [9.17, 15) is 4.39 Å². The van der Waals surface area contributed by atoms with Crippen LogP contribution in [0.5, 0.6) is 5.75 Å². The van der Waals surface area contributed by atoms with Gasteiger partial charge in [0.1, 0.15) is 11.6 Å². The zero-order valence-corrected chi connectivity index (χ0v) is 14.3. The van der Waals surface area contributed by atoms with E-state index in [1.165, 1.54) is 6.07 Å². The molecule has 2 rings (SSSR count). The van der Waals surface area contributed by atoms with Crippen LogP contribution < -0.4 is 10.1 Å². The molecule has 0 aromatic heterocycles. The number of hydrogen-bond donors (Lipinski definition) is 1. The molecule has 2 aromatic rings. The van der Waals surface area contributed by atoms with Crippen molar-refractivity contribution in [2.75, 3.05) is 12.4 Å². The highest BCUT2D eigenvalue weighted by atomic mass is 79.9. The minimum Gasteiger partial charge on any atom is -0.496 e. The number of benzene rings is 2. The average Bonchev–Trinajstić information content (AvgIpc) is 2.42. The van der Waals surface area contributed by atoms with Crippen molar-refractivity contribution in [1.29, 1.82) is 0 Å². The van der Waals surface area contributed by atoms with Crippen LogP contribution >= 0.6 is 31.9 Å². The van der Waals surface area contributed by atoms with Gasteiger partial charge >= 0.3 is 0 Å². The Morgan fingerprint density at radius 2 is 1.90 bits per heavy atom. The third-order valence-corrected chi connectivity index (χ3v) is 4.09. The van der Waals surface area contributed by atoms with Crippen molar-refractivity contribution in [3.63, 3.8) is 0 Å². The zero-order chi connectivity index (χ0) is 14.7. The van der Waals surface area contributed by atoms with E-state index in [-0.39, 0.29) is 11.9 Å². The summed E-state index contributed by atoms with van der Waals surface area (Å²) in [5.74, 6) is 0.502. The molecule has 0 aliphatic heterocycles. The molecule has 0 aliphatic rings. The molecule has 2 aromatic carbocycles. The SMILES string of the molecule is COc1ccc(C(C)Nc2cc(Br)ccc2F)cc1Br. The molecule has 20 heavy (non-hydrogen) atoms. The Labute approximate surface area is 134 Å². The Balaban J connectivity index is 2.21. The molecule has 0 bridgehead atoms. The number of anilines is 1. The van der Waals surface area contributed by atoms with E-state index in [2.05, 4.69) is 37.2 Å². The molecule has 1 N–H and O–H groups in total. The van der Waals surface area contributed by atoms with Crippen LogP contribution in [0.3, 0.4) is 0 Å². The summed E-state index contributed by atoms with van der Waals surface area (Å²) in [4.78, 5) is 0. The molecule has 0 aliphatic carbocycles. The molecule has 5 heteroatoms. The lowest BCUT2D eigenvalue weighted by atomic mass is 10.1. The van der Waals surface area contributed by atoms with Crippen molar-refractivity contribution in [2.24, 2.45) is 0 Å². The first kappa shape index (κ1) is 15.3. The summed E-state index contributed by atoms with van der Waals surface area (Å²) in [6.45, 7) is 1.98. The first-order chi connectivity index (χ1) is 9.51. The van der Waals surface area contributed by atoms with Gasteiger partial charge in [-0.15, -0.1) is 0 Å². The Bertz CT molecular complexity index is 619. The van der Waals surface area contributed by atoms with Gasteiger partial charge in [0, 0.05) is 10.5 Å². The molecule has 0 spiro atoms. The van der Waals surface area contributed by atoms with Gasteiger partial charge in [0.2, 0.25) is 0 Å². The smallest absolute Gasteiger partial charge is 0.146 e. The fraction of sp³-hybridized carbons (Fsp3) is 0.200. The van der Waals surface area contributed by atoms with Gasteiger partial charge in [0.05, 0.1) is 17.3 Å². The number of hydrogen-bond acceptors (Lipinski definition) is 2. The van der Waals surface area contributed by atoms with Crippen LogP contribution in [0, 0.1) is 5.82 Å². The van der Waals surface area contributed by atoms with E-state index in [0.717, 1.165) is 20.3 Å². The van der Waals surface area contributed by atoms with E-state index in [4.69, 9.17) is 4.74 Å². The molecule has 0 saturated carbocycles. The number of rotatable bonds is 4. The second-order valence-corrected chi connectivity index (χ2v) is 6.15. The van der Waals surface area contributed by atoms with Gasteiger partial charge in [-0.2, -0.15) is 0 Å². The van der Waals surface area contributed by atoms with Crippen LogP contribution in [0.15, 0.2) is 45.3 Å². The van der Waals surface area contributed by atoms with Gasteiger partial charge in [-0.25, -0.2) is 4.39 Å². The Hall–Kier alpha value is -1.07. The lowest BCUT2D eigenvalue weighted by Crippen LogP contribution is -2.08. The lowest BCUT2D eigenvalue weighted by Gasteiger charge is -2.17. The monoisotopic (exact) mass is 401 g/mol. The molecule has 0 amide bonds. The standard InChI is InChI=1S/C15H14Br2FNO/c1-9(10-3-6-15(20-2)12(17)7-10)19-14-8-11(16)4-5-13(14)18/h3-9,19H,1-2H3. The van der Waals surface area contributed by atoms with Crippen LogP contribution in [0.4, 0.5) is 10.1 Å². The van der Waals surface area contributed by atoms with Crippen molar-refractivity contribution < 1.29 is 9.13 Å². The summed E-state index contributed by atoms with van der Waals surface area (Å²) >= 11 is 6.80. The molecule has 0 heterocycles. The molecular formula is C15H14Br2FNO. The number of ether oxygens (including phenoxy) is 1. The first-order valence-electron chi connectivity index (χ1n) is 6.06. The lowest BCUT2D eigenvalue weighted by molar-refractivity contribution is 0.412. The summed E-state index contributed by atoms with van der Waals surface area (Å²) in [5.41, 5.74) is 1.51. The maximum Gasteiger partial charge on any atom is 0.146 e. The molecular weight excluding hydrogens is 389 g/mol. The van der Waals surface area contributed by atoms with Crippen LogP contribution in [0.1, 0.15) is 18.5 Å². The number of halogens is 3. The van der Waals surface area contributed by atoms with Gasteiger partial charge in [0.25, 0.3) is 0 Å². The van der Waals surface area contributed by atoms with E-state index >= 15 is 0 Å². The van der Waals surface area contributed by atoms with Crippen LogP contribution in [-0.4, -0.2) is 7.11 Å². The summed E-state index contributed by atoms with van der Waals surface area (Å²) < 4.78 is 20.6. The normalized spacial score (nSPS) is 12.1. The topological polar surface area (TPSA) is 21.3 Å². The number of nitrogens with one attached hydrogen (secondary N) is 1. The fourth-order valence-electron chi connectivity index (χ4n) is 1.88. The van der Waals surface area contributed by atoms with Crippen molar-refractivity contribution in [1.82, 2.24) is 0 Å². The largest absolute Gasteiger partial charge is 0.496 e. The van der Waals surface area contributed by atoms with Crippen molar-refractivity contribution in [3.8, 4) is 5.75 Å². The highest BCUT2D eigenvalue weighted by Crippen LogP contribution is 2.30. The van der Waals surface area contributed by atoms with Gasteiger partial charge in [-0.05, 0) is 58.7 Å². The Morgan fingerprint density at radius 3 is 2.55 bits per heavy atom. The van der Waals surface area contributed by atoms with E-state index < -0.39 is 0 Å². The molecule has 0 radical (unpaired) electrons. The molecule has 0 saturated heterocycles. The third-order valence-electron chi connectivity index (χ3n) is 2.98. The Morgan fingerprint density at radius 1 is 1.15 bits per heavy atom. The van der Waals surface area contributed by atoms with Gasteiger partial charge in [-0.3, -0.25) is 0 Å². The second-order valence-electron chi connectivity index (χ2n) is 4.38.